The molecular formula is C21H20N2O3. The van der Waals surface area contributed by atoms with Gasteiger partial charge in [-0.2, -0.15) is 0 Å². The zero-order valence-electron chi connectivity index (χ0n) is 14.6. The van der Waals surface area contributed by atoms with Gasteiger partial charge in [-0.15, -0.1) is 0 Å². The Morgan fingerprint density at radius 3 is 2.81 bits per heavy atom. The minimum atomic E-state index is -0.807. The lowest BCUT2D eigenvalue weighted by molar-refractivity contribution is -0.153. The molecule has 1 N–H and O–H groups in total. The van der Waals surface area contributed by atoms with Gasteiger partial charge in [-0.05, 0) is 36.6 Å². The Balaban J connectivity index is 1.42. The van der Waals surface area contributed by atoms with E-state index in [1.54, 1.807) is 11.8 Å². The number of nitrogens with zero attached hydrogens (tertiary/aromatic N) is 1. The van der Waals surface area contributed by atoms with Gasteiger partial charge in [-0.1, -0.05) is 36.4 Å². The Kier molecular flexibility index (Phi) is 4.21. The molecule has 0 radical (unpaired) electrons. The first-order valence-corrected chi connectivity index (χ1v) is 8.77. The monoisotopic (exact) mass is 348 g/mol. The van der Waals surface area contributed by atoms with E-state index in [1.165, 1.54) is 0 Å². The highest BCUT2D eigenvalue weighted by molar-refractivity contribution is 5.99. The number of carbonyl (C=O) groups excluding carboxylic acids is 2. The quantitative estimate of drug-likeness (QED) is 0.736. The van der Waals surface area contributed by atoms with Crippen LogP contribution in [0, 0.1) is 0 Å². The maximum absolute atomic E-state index is 12.7. The highest BCUT2D eigenvalue weighted by Gasteiger charge is 2.29. The topological polar surface area (TPSA) is 62.4 Å². The third-order valence-corrected chi connectivity index (χ3v) is 4.82. The number of H-pyrrole nitrogens is 1. The normalized spacial score (nSPS) is 14.3. The van der Waals surface area contributed by atoms with Gasteiger partial charge in [0.05, 0.1) is 6.42 Å². The molecule has 0 unspecified atom stereocenters. The summed E-state index contributed by atoms with van der Waals surface area (Å²) >= 11 is 0. The molecule has 1 aliphatic heterocycles. The van der Waals surface area contributed by atoms with Gasteiger partial charge in [-0.3, -0.25) is 9.59 Å². The number of hydrogen-bond acceptors (Lipinski definition) is 3. The van der Waals surface area contributed by atoms with Gasteiger partial charge in [0, 0.05) is 29.3 Å². The number of fused-ring (bicyclic) bond motifs is 2. The summed E-state index contributed by atoms with van der Waals surface area (Å²) < 4.78 is 5.42. The van der Waals surface area contributed by atoms with Crippen LogP contribution in [-0.4, -0.2) is 29.5 Å². The molecule has 5 nitrogen and oxygen atoms in total. The third-order valence-electron chi connectivity index (χ3n) is 4.82. The third kappa shape index (κ3) is 2.96. The number of esters is 1. The van der Waals surface area contributed by atoms with E-state index in [4.69, 9.17) is 4.74 Å². The summed E-state index contributed by atoms with van der Waals surface area (Å²) in [4.78, 5) is 29.9. The molecule has 5 heteroatoms. The van der Waals surface area contributed by atoms with E-state index in [2.05, 4.69) is 4.98 Å². The van der Waals surface area contributed by atoms with Crippen LogP contribution in [0.5, 0.6) is 0 Å². The van der Waals surface area contributed by atoms with Crippen LogP contribution in [0.15, 0.2) is 54.7 Å². The molecule has 4 rings (SSSR count). The SMILES string of the molecule is C[C@H](OC(=O)Cc1c[nH]c2ccccc12)C(=O)N1CCc2ccccc21. The summed E-state index contributed by atoms with van der Waals surface area (Å²) in [6, 6.07) is 15.6. The summed E-state index contributed by atoms with van der Waals surface area (Å²) in [5, 5.41) is 0.997. The lowest BCUT2D eigenvalue weighted by Gasteiger charge is -2.21. The summed E-state index contributed by atoms with van der Waals surface area (Å²) in [5.74, 6) is -0.578. The fraction of sp³-hybridized carbons (Fsp3) is 0.238. The number of nitrogens with one attached hydrogen (secondary N) is 1. The van der Waals surface area contributed by atoms with Crippen LogP contribution in [0.25, 0.3) is 10.9 Å². The Labute approximate surface area is 151 Å². The van der Waals surface area contributed by atoms with Gasteiger partial charge >= 0.3 is 5.97 Å². The van der Waals surface area contributed by atoms with Crippen molar-refractivity contribution in [2.75, 3.05) is 11.4 Å². The number of para-hydroxylation sites is 2. The Hall–Kier alpha value is -3.08. The van der Waals surface area contributed by atoms with E-state index in [0.29, 0.717) is 6.54 Å². The molecule has 0 saturated heterocycles. The number of amides is 1. The van der Waals surface area contributed by atoms with Crippen molar-refractivity contribution in [2.24, 2.45) is 0 Å². The van der Waals surface area contributed by atoms with Crippen molar-refractivity contribution < 1.29 is 14.3 Å². The smallest absolute Gasteiger partial charge is 0.311 e. The van der Waals surface area contributed by atoms with E-state index in [1.807, 2.05) is 54.7 Å². The number of aromatic nitrogens is 1. The van der Waals surface area contributed by atoms with Crippen molar-refractivity contribution in [2.45, 2.75) is 25.9 Å². The second-order valence-corrected chi connectivity index (χ2v) is 6.54. The van der Waals surface area contributed by atoms with Crippen molar-refractivity contribution in [1.29, 1.82) is 0 Å². The summed E-state index contributed by atoms with van der Waals surface area (Å²) in [5.41, 5.74) is 3.92. The van der Waals surface area contributed by atoms with Crippen molar-refractivity contribution in [3.63, 3.8) is 0 Å². The molecule has 1 amide bonds. The number of ether oxygens (including phenoxy) is 1. The van der Waals surface area contributed by atoms with E-state index >= 15 is 0 Å². The standard InChI is InChI=1S/C21H20N2O3/c1-14(21(25)23-11-10-15-6-2-5-9-19(15)23)26-20(24)12-16-13-22-18-8-4-3-7-17(16)18/h2-9,13-14,22H,10-12H2,1H3/t14-/m0/s1. The van der Waals surface area contributed by atoms with E-state index in [0.717, 1.165) is 34.1 Å². The number of rotatable bonds is 4. The summed E-state index contributed by atoms with van der Waals surface area (Å²) in [6.07, 6.45) is 1.98. The lowest BCUT2D eigenvalue weighted by Crippen LogP contribution is -2.39. The van der Waals surface area contributed by atoms with Crippen molar-refractivity contribution in [3.05, 3.63) is 65.9 Å². The van der Waals surface area contributed by atoms with Gasteiger partial charge < -0.3 is 14.6 Å². The highest BCUT2D eigenvalue weighted by atomic mass is 16.5. The molecule has 26 heavy (non-hydrogen) atoms. The lowest BCUT2D eigenvalue weighted by atomic mass is 10.1. The molecule has 0 fully saturated rings. The van der Waals surface area contributed by atoms with Crippen molar-refractivity contribution >= 4 is 28.5 Å². The molecule has 0 spiro atoms. The Morgan fingerprint density at radius 2 is 1.92 bits per heavy atom. The van der Waals surface area contributed by atoms with Crippen LogP contribution in [0.1, 0.15) is 18.1 Å². The molecule has 0 bridgehead atoms. The van der Waals surface area contributed by atoms with Gasteiger partial charge in [-0.25, -0.2) is 0 Å². The number of anilines is 1. The van der Waals surface area contributed by atoms with Crippen LogP contribution in [-0.2, 0) is 27.2 Å². The molecule has 132 valence electrons. The second-order valence-electron chi connectivity index (χ2n) is 6.54. The molecule has 3 aromatic rings. The Bertz CT molecular complexity index is 976. The molecule has 0 aliphatic carbocycles. The zero-order chi connectivity index (χ0) is 18.1. The Morgan fingerprint density at radius 1 is 1.15 bits per heavy atom. The molecule has 1 aliphatic rings. The first-order chi connectivity index (χ1) is 12.6. The fourth-order valence-corrected chi connectivity index (χ4v) is 3.51. The molecule has 2 heterocycles. The average Bonchev–Trinajstić information content (AvgIpc) is 3.25. The van der Waals surface area contributed by atoms with Gasteiger partial charge in [0.25, 0.3) is 5.91 Å². The number of aromatic amines is 1. The van der Waals surface area contributed by atoms with E-state index < -0.39 is 12.1 Å². The zero-order valence-corrected chi connectivity index (χ0v) is 14.6. The van der Waals surface area contributed by atoms with E-state index in [-0.39, 0.29) is 12.3 Å². The van der Waals surface area contributed by atoms with Crippen LogP contribution < -0.4 is 4.90 Å². The second kappa shape index (κ2) is 6.67. The fourth-order valence-electron chi connectivity index (χ4n) is 3.51. The molecule has 1 aromatic heterocycles. The predicted octanol–water partition coefficient (Wildman–Crippen LogP) is 3.23. The highest BCUT2D eigenvalue weighted by Crippen LogP contribution is 2.28. The number of hydrogen-bond donors (Lipinski definition) is 1. The average molecular weight is 348 g/mol. The van der Waals surface area contributed by atoms with Crippen LogP contribution in [0.4, 0.5) is 5.69 Å². The van der Waals surface area contributed by atoms with Crippen molar-refractivity contribution in [3.8, 4) is 0 Å². The van der Waals surface area contributed by atoms with Crippen LogP contribution >= 0.6 is 0 Å². The molecule has 0 saturated carbocycles. The molecule has 1 atom stereocenters. The van der Waals surface area contributed by atoms with Gasteiger partial charge in [0.2, 0.25) is 0 Å². The minimum Gasteiger partial charge on any atom is -0.452 e. The molecular weight excluding hydrogens is 328 g/mol. The number of benzene rings is 2. The van der Waals surface area contributed by atoms with Gasteiger partial charge in [0.1, 0.15) is 0 Å². The maximum atomic E-state index is 12.7. The first kappa shape index (κ1) is 16.4. The van der Waals surface area contributed by atoms with Crippen LogP contribution in [0.3, 0.4) is 0 Å². The minimum absolute atomic E-state index is 0.137. The largest absolute Gasteiger partial charge is 0.452 e. The number of carbonyl (C=O) groups is 2. The predicted molar refractivity (Wildman–Crippen MR) is 100 cm³/mol. The molecule has 2 aromatic carbocycles. The summed E-state index contributed by atoms with van der Waals surface area (Å²) in [6.45, 7) is 2.26. The van der Waals surface area contributed by atoms with Crippen molar-refractivity contribution in [1.82, 2.24) is 4.98 Å². The van der Waals surface area contributed by atoms with E-state index in [9.17, 15) is 9.59 Å². The first-order valence-electron chi connectivity index (χ1n) is 8.77. The van der Waals surface area contributed by atoms with Gasteiger partial charge in [0.15, 0.2) is 6.10 Å². The summed E-state index contributed by atoms with van der Waals surface area (Å²) in [7, 11) is 0. The van der Waals surface area contributed by atoms with Crippen LogP contribution in [0.2, 0.25) is 0 Å². The maximum Gasteiger partial charge on any atom is 0.311 e.